The number of benzene rings is 1. The van der Waals surface area contributed by atoms with Crippen LogP contribution in [0, 0.1) is 11.8 Å². The van der Waals surface area contributed by atoms with Crippen molar-refractivity contribution in [1.82, 2.24) is 4.90 Å². The molecule has 0 spiro atoms. The normalized spacial score (nSPS) is 18.3. The molecule has 5 nitrogen and oxygen atoms in total. The Morgan fingerprint density at radius 3 is 2.76 bits per heavy atom. The van der Waals surface area contributed by atoms with Gasteiger partial charge in [-0.25, -0.2) is 9.69 Å². The zero-order valence-electron chi connectivity index (χ0n) is 15.0. The largest absolute Gasteiger partial charge is 0.447 e. The molecule has 1 saturated heterocycles. The number of allylic oxidation sites excluding steroid dienone is 1. The second-order valence-corrected chi connectivity index (χ2v) is 6.66. The molecule has 0 bridgehead atoms. The van der Waals surface area contributed by atoms with Gasteiger partial charge in [-0.15, -0.1) is 6.58 Å². The highest BCUT2D eigenvalue weighted by Crippen LogP contribution is 2.24. The van der Waals surface area contributed by atoms with Gasteiger partial charge < -0.3 is 9.47 Å². The van der Waals surface area contributed by atoms with E-state index in [0.717, 1.165) is 5.56 Å². The molecule has 1 aromatic carbocycles. The van der Waals surface area contributed by atoms with Crippen LogP contribution in [0.25, 0.3) is 0 Å². The summed E-state index contributed by atoms with van der Waals surface area (Å²) in [6, 6.07) is 9.60. The number of imide groups is 1. The van der Waals surface area contributed by atoms with Crippen molar-refractivity contribution >= 4 is 12.0 Å². The summed E-state index contributed by atoms with van der Waals surface area (Å²) in [4.78, 5) is 26.2. The number of hydrogen-bond donors (Lipinski definition) is 0. The first-order valence-corrected chi connectivity index (χ1v) is 8.77. The maximum atomic E-state index is 12.9. The molecule has 0 saturated carbocycles. The second kappa shape index (κ2) is 9.37. The monoisotopic (exact) mass is 345 g/mol. The molecular formula is C20H27NO4. The van der Waals surface area contributed by atoms with E-state index in [0.29, 0.717) is 19.4 Å². The van der Waals surface area contributed by atoms with Gasteiger partial charge in [-0.2, -0.15) is 0 Å². The van der Waals surface area contributed by atoms with E-state index in [1.165, 1.54) is 4.90 Å². The molecule has 2 amide bonds. The highest BCUT2D eigenvalue weighted by molar-refractivity contribution is 5.94. The fraction of sp³-hybridized carbons (Fsp3) is 0.500. The van der Waals surface area contributed by atoms with Gasteiger partial charge in [0.05, 0.1) is 25.2 Å². The molecule has 1 aliphatic rings. The molecule has 0 radical (unpaired) electrons. The van der Waals surface area contributed by atoms with Gasteiger partial charge in [0.2, 0.25) is 5.91 Å². The van der Waals surface area contributed by atoms with Crippen LogP contribution < -0.4 is 0 Å². The van der Waals surface area contributed by atoms with Crippen molar-refractivity contribution < 1.29 is 19.1 Å². The van der Waals surface area contributed by atoms with E-state index in [4.69, 9.17) is 9.47 Å². The molecule has 2 rings (SSSR count). The van der Waals surface area contributed by atoms with Crippen LogP contribution in [0.2, 0.25) is 0 Å². The number of rotatable bonds is 9. The van der Waals surface area contributed by atoms with Crippen LogP contribution in [-0.2, 0) is 20.9 Å². The average Bonchev–Trinajstić information content (AvgIpc) is 3.00. The minimum absolute atomic E-state index is 0.153. The number of nitrogens with zero attached hydrogens (tertiary/aromatic N) is 1. The fourth-order valence-corrected chi connectivity index (χ4v) is 2.87. The topological polar surface area (TPSA) is 55.8 Å². The highest BCUT2D eigenvalue weighted by atomic mass is 16.6. The Bertz CT molecular complexity index is 585. The first-order chi connectivity index (χ1) is 12.0. The average molecular weight is 345 g/mol. The Kier molecular flexibility index (Phi) is 7.19. The van der Waals surface area contributed by atoms with E-state index in [9.17, 15) is 9.59 Å². The highest BCUT2D eigenvalue weighted by Gasteiger charge is 2.41. The molecule has 1 aromatic rings. The number of cyclic esters (lactones) is 1. The fourth-order valence-electron chi connectivity index (χ4n) is 2.87. The summed E-state index contributed by atoms with van der Waals surface area (Å²) in [6.07, 6.45) is 2.53. The van der Waals surface area contributed by atoms with Gasteiger partial charge in [-0.1, -0.05) is 50.3 Å². The molecule has 25 heavy (non-hydrogen) atoms. The van der Waals surface area contributed by atoms with Crippen LogP contribution in [0.3, 0.4) is 0 Å². The minimum Gasteiger partial charge on any atom is -0.447 e. The van der Waals surface area contributed by atoms with Crippen molar-refractivity contribution in [2.45, 2.75) is 39.3 Å². The molecule has 0 aromatic heterocycles. The third-order valence-corrected chi connectivity index (χ3v) is 4.41. The van der Waals surface area contributed by atoms with Gasteiger partial charge in [-0.3, -0.25) is 4.79 Å². The molecular weight excluding hydrogens is 318 g/mol. The smallest absolute Gasteiger partial charge is 0.416 e. The Morgan fingerprint density at radius 2 is 2.12 bits per heavy atom. The van der Waals surface area contributed by atoms with Gasteiger partial charge in [0.15, 0.2) is 0 Å². The number of amides is 2. The summed E-state index contributed by atoms with van der Waals surface area (Å²) in [5.74, 6) is -0.439. The van der Waals surface area contributed by atoms with Crippen molar-refractivity contribution in [3.05, 3.63) is 48.6 Å². The van der Waals surface area contributed by atoms with E-state index >= 15 is 0 Å². The lowest BCUT2D eigenvalue weighted by atomic mass is 9.99. The number of ether oxygens (including phenoxy) is 2. The predicted molar refractivity (Wildman–Crippen MR) is 95.8 cm³/mol. The maximum absolute atomic E-state index is 12.9. The zero-order chi connectivity index (χ0) is 18.2. The summed E-state index contributed by atoms with van der Waals surface area (Å²) < 4.78 is 10.9. The quantitative estimate of drug-likeness (QED) is 0.639. The third-order valence-electron chi connectivity index (χ3n) is 4.41. The van der Waals surface area contributed by atoms with E-state index in [1.54, 1.807) is 6.08 Å². The maximum Gasteiger partial charge on any atom is 0.416 e. The van der Waals surface area contributed by atoms with Crippen molar-refractivity contribution in [3.8, 4) is 0 Å². The number of hydrogen-bond acceptors (Lipinski definition) is 4. The van der Waals surface area contributed by atoms with Crippen LogP contribution >= 0.6 is 0 Å². The van der Waals surface area contributed by atoms with Gasteiger partial charge in [-0.05, 0) is 24.3 Å². The summed E-state index contributed by atoms with van der Waals surface area (Å²) in [7, 11) is 0. The lowest BCUT2D eigenvalue weighted by Gasteiger charge is -2.26. The number of carbonyl (C=O) groups excluding carboxylic acids is 2. The zero-order valence-corrected chi connectivity index (χ0v) is 15.0. The van der Waals surface area contributed by atoms with Crippen LogP contribution in [0.5, 0.6) is 0 Å². The first kappa shape index (κ1) is 19.2. The SMILES string of the molecule is C=CCC[C@@H](COCc1ccccc1)C(=O)N1C(=O)OC[C@H]1C(C)C. The standard InChI is InChI=1S/C20H27NO4/c1-4-5-11-17(13-24-12-16-9-7-6-8-10-16)19(22)21-18(15(2)3)14-25-20(21)23/h4,6-10,15,17-18H,1,5,11-14H2,2-3H3/t17-,18-/m0/s1. The van der Waals surface area contributed by atoms with Gasteiger partial charge in [0.25, 0.3) is 0 Å². The van der Waals surface area contributed by atoms with Crippen LogP contribution in [0.1, 0.15) is 32.3 Å². The molecule has 1 aliphatic heterocycles. The molecule has 5 heteroatoms. The van der Waals surface area contributed by atoms with Crippen molar-refractivity contribution in [3.63, 3.8) is 0 Å². The molecule has 1 heterocycles. The van der Waals surface area contributed by atoms with Crippen molar-refractivity contribution in [2.24, 2.45) is 11.8 Å². The molecule has 0 unspecified atom stereocenters. The minimum atomic E-state index is -0.546. The lowest BCUT2D eigenvalue weighted by molar-refractivity contribution is -0.136. The van der Waals surface area contributed by atoms with Gasteiger partial charge in [0, 0.05) is 0 Å². The van der Waals surface area contributed by atoms with E-state index < -0.39 is 6.09 Å². The number of carbonyl (C=O) groups is 2. The summed E-state index contributed by atoms with van der Waals surface area (Å²) in [5, 5.41) is 0. The van der Waals surface area contributed by atoms with Crippen LogP contribution in [0.15, 0.2) is 43.0 Å². The Hall–Kier alpha value is -2.14. The van der Waals surface area contributed by atoms with E-state index in [-0.39, 0.29) is 37.0 Å². The third kappa shape index (κ3) is 5.16. The lowest BCUT2D eigenvalue weighted by Crippen LogP contribution is -2.45. The Morgan fingerprint density at radius 1 is 1.40 bits per heavy atom. The Labute approximate surface area is 149 Å². The summed E-state index contributed by atoms with van der Waals surface area (Å²) in [5.41, 5.74) is 1.05. The molecule has 0 N–H and O–H groups in total. The summed E-state index contributed by atoms with van der Waals surface area (Å²) >= 11 is 0. The van der Waals surface area contributed by atoms with Gasteiger partial charge in [0.1, 0.15) is 6.61 Å². The van der Waals surface area contributed by atoms with Crippen LogP contribution in [-0.4, -0.2) is 36.2 Å². The van der Waals surface area contributed by atoms with Crippen molar-refractivity contribution in [1.29, 1.82) is 0 Å². The molecule has 136 valence electrons. The first-order valence-electron chi connectivity index (χ1n) is 8.77. The predicted octanol–water partition coefficient (Wildman–Crippen LogP) is 3.79. The van der Waals surface area contributed by atoms with Crippen molar-refractivity contribution in [2.75, 3.05) is 13.2 Å². The van der Waals surface area contributed by atoms with Crippen LogP contribution in [0.4, 0.5) is 4.79 Å². The molecule has 1 fully saturated rings. The van der Waals surface area contributed by atoms with Gasteiger partial charge >= 0.3 is 6.09 Å². The van der Waals surface area contributed by atoms with E-state index in [2.05, 4.69) is 6.58 Å². The van der Waals surface area contributed by atoms with E-state index in [1.807, 2.05) is 44.2 Å². The summed E-state index contributed by atoms with van der Waals surface area (Å²) in [6.45, 7) is 8.67. The molecule has 0 aliphatic carbocycles. The second-order valence-electron chi connectivity index (χ2n) is 6.66. The Balaban J connectivity index is 2.00. The molecule has 2 atom stereocenters.